The van der Waals surface area contributed by atoms with Gasteiger partial charge in [0.1, 0.15) is 0 Å². The molecule has 0 aliphatic carbocycles. The molecule has 0 bridgehead atoms. The van der Waals surface area contributed by atoms with E-state index < -0.39 is 6.04 Å². The molecule has 1 aromatic heterocycles. The zero-order valence-corrected chi connectivity index (χ0v) is 7.32. The average molecular weight is 184 g/mol. The Morgan fingerprint density at radius 3 is 3.08 bits per heavy atom. The van der Waals surface area contributed by atoms with Gasteiger partial charge in [0.15, 0.2) is 0 Å². The van der Waals surface area contributed by atoms with Gasteiger partial charge in [0.25, 0.3) is 5.95 Å². The fourth-order valence-electron chi connectivity index (χ4n) is 0.860. The van der Waals surface area contributed by atoms with Crippen LogP contribution in [-0.2, 0) is 4.79 Å². The van der Waals surface area contributed by atoms with Crippen LogP contribution in [0, 0.1) is 0 Å². The number of rotatable bonds is 4. The van der Waals surface area contributed by atoms with Crippen LogP contribution >= 0.6 is 0 Å². The van der Waals surface area contributed by atoms with Gasteiger partial charge in [-0.25, -0.2) is 0 Å². The van der Waals surface area contributed by atoms with Gasteiger partial charge in [-0.15, -0.1) is 5.10 Å². The highest BCUT2D eigenvalue weighted by atomic mass is 16.2. The van der Waals surface area contributed by atoms with Gasteiger partial charge in [-0.2, -0.15) is 5.21 Å². The van der Waals surface area contributed by atoms with Gasteiger partial charge in [-0.3, -0.25) is 10.1 Å². The number of tetrazole rings is 1. The largest absolute Gasteiger partial charge is 0.320 e. The van der Waals surface area contributed by atoms with Crippen molar-refractivity contribution in [3.05, 3.63) is 0 Å². The molecule has 0 aliphatic heterocycles. The van der Waals surface area contributed by atoms with E-state index in [-0.39, 0.29) is 11.9 Å². The molecule has 0 spiro atoms. The number of aromatic nitrogens is 4. The molecule has 72 valence electrons. The minimum absolute atomic E-state index is 0.150. The summed E-state index contributed by atoms with van der Waals surface area (Å²) in [6.45, 7) is 1.96. The van der Waals surface area contributed by atoms with Crippen LogP contribution in [0.2, 0.25) is 0 Å². The van der Waals surface area contributed by atoms with Gasteiger partial charge in [0, 0.05) is 0 Å². The van der Waals surface area contributed by atoms with Crippen LogP contribution in [0.5, 0.6) is 0 Å². The summed E-state index contributed by atoms with van der Waals surface area (Å²) in [5, 5.41) is 15.1. The van der Waals surface area contributed by atoms with E-state index >= 15 is 0 Å². The molecule has 7 heteroatoms. The molecule has 0 aliphatic rings. The first kappa shape index (κ1) is 9.59. The first-order valence-electron chi connectivity index (χ1n) is 4.04. The van der Waals surface area contributed by atoms with Crippen LogP contribution in [0.15, 0.2) is 0 Å². The number of aromatic amines is 1. The highest BCUT2D eigenvalue weighted by Crippen LogP contribution is 1.97. The molecule has 1 heterocycles. The number of H-pyrrole nitrogens is 1. The Morgan fingerprint density at radius 1 is 1.77 bits per heavy atom. The van der Waals surface area contributed by atoms with Crippen LogP contribution in [0.1, 0.15) is 19.8 Å². The Hall–Kier alpha value is -1.50. The lowest BCUT2D eigenvalue weighted by Gasteiger charge is -2.07. The third-order valence-electron chi connectivity index (χ3n) is 1.52. The summed E-state index contributed by atoms with van der Waals surface area (Å²) in [5.74, 6) is -0.139. The highest BCUT2D eigenvalue weighted by molar-refractivity contribution is 5.92. The van der Waals surface area contributed by atoms with E-state index in [9.17, 15) is 4.79 Å². The monoisotopic (exact) mass is 184 g/mol. The van der Waals surface area contributed by atoms with Crippen molar-refractivity contribution in [1.29, 1.82) is 0 Å². The second-order valence-electron chi connectivity index (χ2n) is 2.62. The lowest BCUT2D eigenvalue weighted by molar-refractivity contribution is -0.117. The van der Waals surface area contributed by atoms with E-state index in [4.69, 9.17) is 5.73 Å². The van der Waals surface area contributed by atoms with Crippen molar-refractivity contribution >= 4 is 11.9 Å². The number of anilines is 1. The molecule has 1 amide bonds. The zero-order chi connectivity index (χ0) is 9.68. The van der Waals surface area contributed by atoms with Gasteiger partial charge in [0.2, 0.25) is 5.91 Å². The predicted octanol–water partition coefficient (Wildman–Crippen LogP) is -0.734. The van der Waals surface area contributed by atoms with Gasteiger partial charge in [-0.05, 0) is 11.6 Å². The van der Waals surface area contributed by atoms with Crippen molar-refractivity contribution in [1.82, 2.24) is 20.6 Å². The highest BCUT2D eigenvalue weighted by Gasteiger charge is 2.13. The lowest BCUT2D eigenvalue weighted by atomic mass is 10.2. The summed E-state index contributed by atoms with van der Waals surface area (Å²) in [6.07, 6.45) is 1.50. The van der Waals surface area contributed by atoms with Gasteiger partial charge < -0.3 is 5.73 Å². The molecule has 0 fully saturated rings. The number of amides is 1. The van der Waals surface area contributed by atoms with Gasteiger partial charge >= 0.3 is 0 Å². The summed E-state index contributed by atoms with van der Waals surface area (Å²) >= 11 is 0. The summed E-state index contributed by atoms with van der Waals surface area (Å²) in [7, 11) is 0. The molecule has 1 aromatic rings. The Labute approximate surface area is 75.1 Å². The fourth-order valence-corrected chi connectivity index (χ4v) is 0.860. The van der Waals surface area contributed by atoms with Crippen molar-refractivity contribution < 1.29 is 4.79 Å². The van der Waals surface area contributed by atoms with E-state index in [1.807, 2.05) is 6.92 Å². The number of nitrogens with zero attached hydrogens (tertiary/aromatic N) is 3. The number of hydrogen-bond acceptors (Lipinski definition) is 5. The Kier molecular flexibility index (Phi) is 3.32. The van der Waals surface area contributed by atoms with E-state index in [0.29, 0.717) is 6.42 Å². The molecule has 13 heavy (non-hydrogen) atoms. The average Bonchev–Trinajstić information content (AvgIpc) is 2.57. The first-order valence-corrected chi connectivity index (χ1v) is 4.04. The summed E-state index contributed by atoms with van der Waals surface area (Å²) < 4.78 is 0. The van der Waals surface area contributed by atoms with Gasteiger partial charge in [0.05, 0.1) is 6.04 Å². The van der Waals surface area contributed by atoms with Crippen molar-refractivity contribution in [3.8, 4) is 0 Å². The van der Waals surface area contributed by atoms with E-state index in [0.717, 1.165) is 6.42 Å². The number of carbonyl (C=O) groups is 1. The summed E-state index contributed by atoms with van der Waals surface area (Å²) in [6, 6.07) is -0.511. The number of hydrogen-bond donors (Lipinski definition) is 3. The van der Waals surface area contributed by atoms with Crippen molar-refractivity contribution in [2.45, 2.75) is 25.8 Å². The molecule has 0 aromatic carbocycles. The molecular formula is C6H12N6O. The molecular weight excluding hydrogens is 172 g/mol. The van der Waals surface area contributed by atoms with Gasteiger partial charge in [-0.1, -0.05) is 18.4 Å². The van der Waals surface area contributed by atoms with Crippen LogP contribution in [0.25, 0.3) is 0 Å². The maximum Gasteiger partial charge on any atom is 0.269 e. The third kappa shape index (κ3) is 2.79. The summed E-state index contributed by atoms with van der Waals surface area (Å²) in [5.41, 5.74) is 5.55. The molecule has 0 radical (unpaired) electrons. The van der Waals surface area contributed by atoms with E-state index in [2.05, 4.69) is 25.9 Å². The molecule has 4 N–H and O–H groups in total. The van der Waals surface area contributed by atoms with Crippen molar-refractivity contribution in [2.75, 3.05) is 5.32 Å². The summed E-state index contributed by atoms with van der Waals surface area (Å²) in [4.78, 5) is 11.2. The molecule has 7 nitrogen and oxygen atoms in total. The first-order chi connectivity index (χ1) is 6.24. The Morgan fingerprint density at radius 2 is 2.54 bits per heavy atom. The normalized spacial score (nSPS) is 12.5. The molecule has 0 saturated carbocycles. The molecule has 1 rings (SSSR count). The van der Waals surface area contributed by atoms with Crippen LogP contribution in [0.3, 0.4) is 0 Å². The van der Waals surface area contributed by atoms with Crippen molar-refractivity contribution in [2.24, 2.45) is 5.73 Å². The topological polar surface area (TPSA) is 110 Å². The predicted molar refractivity (Wildman–Crippen MR) is 45.7 cm³/mol. The maximum absolute atomic E-state index is 11.2. The van der Waals surface area contributed by atoms with Crippen LogP contribution in [0.4, 0.5) is 5.95 Å². The van der Waals surface area contributed by atoms with Crippen molar-refractivity contribution in [3.63, 3.8) is 0 Å². The van der Waals surface area contributed by atoms with E-state index in [1.165, 1.54) is 0 Å². The second kappa shape index (κ2) is 4.51. The molecule has 1 atom stereocenters. The van der Waals surface area contributed by atoms with Crippen LogP contribution < -0.4 is 11.1 Å². The second-order valence-corrected chi connectivity index (χ2v) is 2.62. The molecule has 0 unspecified atom stereocenters. The smallest absolute Gasteiger partial charge is 0.269 e. The maximum atomic E-state index is 11.2. The van der Waals surface area contributed by atoms with E-state index in [1.54, 1.807) is 0 Å². The lowest BCUT2D eigenvalue weighted by Crippen LogP contribution is -2.35. The van der Waals surface area contributed by atoms with Crippen LogP contribution in [-0.4, -0.2) is 32.6 Å². The SMILES string of the molecule is CCC[C@@H](N)C(=O)Nc1nn[nH]n1. The number of nitrogens with two attached hydrogens (primary N) is 1. The standard InChI is InChI=1S/C6H12N6O/c1-2-3-4(7)5(13)8-6-9-11-12-10-6/h4H,2-3,7H2,1H3,(H2,8,9,10,11,12,13)/t4-/m1/s1. The number of nitrogens with one attached hydrogen (secondary N) is 2. The Balaban J connectivity index is 2.41. The minimum atomic E-state index is -0.511. The molecule has 0 saturated heterocycles. The zero-order valence-electron chi connectivity index (χ0n) is 7.32. The minimum Gasteiger partial charge on any atom is -0.320 e. The third-order valence-corrected chi connectivity index (χ3v) is 1.52. The quantitative estimate of drug-likeness (QED) is 0.571. The number of carbonyl (C=O) groups excluding carboxylic acids is 1. The Bertz CT molecular complexity index is 258. The fraction of sp³-hybridized carbons (Fsp3) is 0.667.